The molecular weight excluding hydrogens is 398 g/mol. The van der Waals surface area contributed by atoms with Gasteiger partial charge in [0, 0.05) is 43.1 Å². The molecule has 3 aromatic rings. The van der Waals surface area contributed by atoms with E-state index in [4.69, 9.17) is 11.6 Å². The number of nitrogens with zero attached hydrogens (tertiary/aromatic N) is 4. The molecular formula is C19H18ClN5O2S. The van der Waals surface area contributed by atoms with E-state index in [1.807, 2.05) is 30.8 Å². The molecule has 1 aliphatic heterocycles. The molecule has 1 atom stereocenters. The Bertz CT molecular complexity index is 1060. The van der Waals surface area contributed by atoms with Gasteiger partial charge in [-0.3, -0.25) is 9.59 Å². The highest BCUT2D eigenvalue weighted by Gasteiger charge is 2.35. The molecule has 2 aromatic heterocycles. The molecule has 1 aromatic carbocycles. The molecule has 1 saturated heterocycles. The third kappa shape index (κ3) is 3.53. The Kier molecular flexibility index (Phi) is 4.91. The number of imidazole rings is 1. The van der Waals surface area contributed by atoms with Crippen LogP contribution in [0.2, 0.25) is 5.02 Å². The minimum absolute atomic E-state index is 0.0913. The van der Waals surface area contributed by atoms with Crippen LogP contribution in [0, 0.1) is 12.8 Å². The highest BCUT2D eigenvalue weighted by Crippen LogP contribution is 2.32. The van der Waals surface area contributed by atoms with Crippen LogP contribution in [0.5, 0.6) is 0 Å². The summed E-state index contributed by atoms with van der Waals surface area (Å²) in [6, 6.07) is 7.08. The second-order valence-electron chi connectivity index (χ2n) is 6.67. The van der Waals surface area contributed by atoms with Gasteiger partial charge in [-0.2, -0.15) is 0 Å². The minimum atomic E-state index is -0.438. The minimum Gasteiger partial charge on any atom is -0.333 e. The molecule has 0 saturated carbocycles. The normalized spacial score (nSPS) is 16.6. The van der Waals surface area contributed by atoms with E-state index in [1.54, 1.807) is 29.3 Å². The first kappa shape index (κ1) is 18.6. The molecule has 1 N–H and O–H groups in total. The molecule has 4 rings (SSSR count). The number of carbonyl (C=O) groups is 2. The Hall–Kier alpha value is -2.71. The largest absolute Gasteiger partial charge is 0.333 e. The predicted molar refractivity (Wildman–Crippen MR) is 110 cm³/mol. The number of carbonyl (C=O) groups excluding carboxylic acids is 2. The Balaban J connectivity index is 1.48. The van der Waals surface area contributed by atoms with Gasteiger partial charge in [-0.25, -0.2) is 9.97 Å². The van der Waals surface area contributed by atoms with Crippen molar-refractivity contribution in [2.75, 3.05) is 16.8 Å². The van der Waals surface area contributed by atoms with Gasteiger partial charge < -0.3 is 14.8 Å². The summed E-state index contributed by atoms with van der Waals surface area (Å²) in [4.78, 5) is 36.4. The van der Waals surface area contributed by atoms with Gasteiger partial charge in [0.1, 0.15) is 0 Å². The Morgan fingerprint density at radius 1 is 1.39 bits per heavy atom. The molecule has 144 valence electrons. The maximum atomic E-state index is 12.7. The van der Waals surface area contributed by atoms with Gasteiger partial charge >= 0.3 is 0 Å². The van der Waals surface area contributed by atoms with Crippen molar-refractivity contribution < 1.29 is 9.59 Å². The van der Waals surface area contributed by atoms with Crippen molar-refractivity contribution in [3.05, 3.63) is 47.4 Å². The van der Waals surface area contributed by atoms with Crippen LogP contribution in [0.15, 0.2) is 36.7 Å². The summed E-state index contributed by atoms with van der Waals surface area (Å²) in [5, 5.41) is 3.92. The highest BCUT2D eigenvalue weighted by atomic mass is 35.5. The van der Waals surface area contributed by atoms with Gasteiger partial charge in [0.15, 0.2) is 11.0 Å². The zero-order chi connectivity index (χ0) is 19.8. The number of benzene rings is 1. The maximum absolute atomic E-state index is 12.7. The molecule has 0 bridgehead atoms. The number of thiazole rings is 1. The third-order valence-electron chi connectivity index (χ3n) is 4.67. The fourth-order valence-corrected chi connectivity index (χ4v) is 4.42. The first-order valence-corrected chi connectivity index (χ1v) is 9.93. The maximum Gasteiger partial charge on any atom is 0.231 e. The topological polar surface area (TPSA) is 80.1 Å². The molecule has 7 nitrogen and oxygen atoms in total. The van der Waals surface area contributed by atoms with Gasteiger partial charge in [0.25, 0.3) is 0 Å². The van der Waals surface area contributed by atoms with E-state index < -0.39 is 5.92 Å². The summed E-state index contributed by atoms with van der Waals surface area (Å²) in [7, 11) is 1.91. The fourth-order valence-electron chi connectivity index (χ4n) is 3.23. The molecule has 1 aliphatic rings. The van der Waals surface area contributed by atoms with Crippen LogP contribution in [0.4, 0.5) is 10.8 Å². The molecule has 0 aliphatic carbocycles. The number of halogens is 1. The van der Waals surface area contributed by atoms with Crippen LogP contribution in [0.3, 0.4) is 0 Å². The number of nitrogens with one attached hydrogen (secondary N) is 1. The standard InChI is InChI=1S/C19H18ClN5O2S/c1-11-16(17-21-6-7-24(17)2)28-19(22-11)23-18(27)12-8-15(26)25(10-12)14-5-3-4-13(20)9-14/h3-7,9,12H,8,10H2,1-2H3,(H,22,23,27)/t12-/m0/s1. The summed E-state index contributed by atoms with van der Waals surface area (Å²) in [5.41, 5.74) is 1.51. The van der Waals surface area contributed by atoms with Crippen molar-refractivity contribution in [3.8, 4) is 10.7 Å². The van der Waals surface area contributed by atoms with E-state index in [0.717, 1.165) is 16.4 Å². The fraction of sp³-hybridized carbons (Fsp3) is 0.263. The lowest BCUT2D eigenvalue weighted by Gasteiger charge is -2.16. The number of hydrogen-bond acceptors (Lipinski definition) is 5. The molecule has 3 heterocycles. The van der Waals surface area contributed by atoms with E-state index in [-0.39, 0.29) is 18.2 Å². The molecule has 2 amide bonds. The second-order valence-corrected chi connectivity index (χ2v) is 8.11. The third-order valence-corrected chi connectivity index (χ3v) is 5.97. The molecule has 0 spiro atoms. The summed E-state index contributed by atoms with van der Waals surface area (Å²) < 4.78 is 1.91. The van der Waals surface area contributed by atoms with Crippen molar-refractivity contribution in [2.24, 2.45) is 13.0 Å². The van der Waals surface area contributed by atoms with Gasteiger partial charge in [0.2, 0.25) is 11.8 Å². The summed E-state index contributed by atoms with van der Waals surface area (Å²) >= 11 is 7.39. The molecule has 28 heavy (non-hydrogen) atoms. The number of aromatic nitrogens is 3. The van der Waals surface area contributed by atoms with Crippen molar-refractivity contribution in [3.63, 3.8) is 0 Å². The molecule has 0 unspecified atom stereocenters. The average Bonchev–Trinajstić information content (AvgIpc) is 3.33. The monoisotopic (exact) mass is 415 g/mol. The summed E-state index contributed by atoms with van der Waals surface area (Å²) in [6.45, 7) is 2.21. The van der Waals surface area contributed by atoms with Crippen LogP contribution in [-0.2, 0) is 16.6 Å². The Morgan fingerprint density at radius 3 is 2.93 bits per heavy atom. The van der Waals surface area contributed by atoms with E-state index >= 15 is 0 Å². The lowest BCUT2D eigenvalue weighted by molar-refractivity contribution is -0.122. The van der Waals surface area contributed by atoms with Crippen LogP contribution in [0.1, 0.15) is 12.1 Å². The van der Waals surface area contributed by atoms with Gasteiger partial charge in [-0.05, 0) is 25.1 Å². The smallest absolute Gasteiger partial charge is 0.231 e. The Labute approximate surface area is 171 Å². The number of anilines is 2. The van der Waals surface area contributed by atoms with Crippen molar-refractivity contribution in [1.29, 1.82) is 0 Å². The van der Waals surface area contributed by atoms with E-state index in [9.17, 15) is 9.59 Å². The van der Waals surface area contributed by atoms with E-state index in [0.29, 0.717) is 22.4 Å². The quantitative estimate of drug-likeness (QED) is 0.707. The SMILES string of the molecule is Cc1nc(NC(=O)[C@H]2CC(=O)N(c3cccc(Cl)c3)C2)sc1-c1nccn1C. The lowest BCUT2D eigenvalue weighted by Crippen LogP contribution is -2.28. The predicted octanol–water partition coefficient (Wildman–Crippen LogP) is 3.50. The van der Waals surface area contributed by atoms with E-state index in [1.165, 1.54) is 11.3 Å². The van der Waals surface area contributed by atoms with E-state index in [2.05, 4.69) is 15.3 Å². The van der Waals surface area contributed by atoms with Gasteiger partial charge in [0.05, 0.1) is 16.5 Å². The van der Waals surface area contributed by atoms with Gasteiger partial charge in [-0.15, -0.1) is 0 Å². The van der Waals surface area contributed by atoms with Crippen LogP contribution in [0.25, 0.3) is 10.7 Å². The number of aryl methyl sites for hydroxylation is 2. The average molecular weight is 416 g/mol. The molecule has 1 fully saturated rings. The van der Waals surface area contributed by atoms with Crippen LogP contribution >= 0.6 is 22.9 Å². The van der Waals surface area contributed by atoms with Gasteiger partial charge in [-0.1, -0.05) is 29.0 Å². The lowest BCUT2D eigenvalue weighted by atomic mass is 10.1. The Morgan fingerprint density at radius 2 is 2.21 bits per heavy atom. The first-order valence-electron chi connectivity index (χ1n) is 8.74. The molecule has 0 radical (unpaired) electrons. The first-order chi connectivity index (χ1) is 13.4. The van der Waals surface area contributed by atoms with Crippen LogP contribution < -0.4 is 10.2 Å². The zero-order valence-corrected chi connectivity index (χ0v) is 16.9. The van der Waals surface area contributed by atoms with Crippen molar-refractivity contribution in [1.82, 2.24) is 14.5 Å². The van der Waals surface area contributed by atoms with Crippen LogP contribution in [-0.4, -0.2) is 32.9 Å². The zero-order valence-electron chi connectivity index (χ0n) is 15.3. The number of hydrogen-bond donors (Lipinski definition) is 1. The van der Waals surface area contributed by atoms with Crippen molar-refractivity contribution >= 4 is 45.6 Å². The number of amides is 2. The summed E-state index contributed by atoms with van der Waals surface area (Å²) in [5.74, 6) is 0.0652. The summed E-state index contributed by atoms with van der Waals surface area (Å²) in [6.07, 6.45) is 3.75. The highest BCUT2D eigenvalue weighted by molar-refractivity contribution is 7.19. The second kappa shape index (κ2) is 7.37. The molecule has 9 heteroatoms. The van der Waals surface area contributed by atoms with Crippen molar-refractivity contribution in [2.45, 2.75) is 13.3 Å². The number of rotatable bonds is 4.